The predicted octanol–water partition coefficient (Wildman–Crippen LogP) is 5.34. The third-order valence-electron chi connectivity index (χ3n) is 6.37. The van der Waals surface area contributed by atoms with Crippen molar-refractivity contribution < 1.29 is 18.9 Å². The van der Waals surface area contributed by atoms with Crippen LogP contribution in [0, 0.1) is 6.92 Å². The van der Waals surface area contributed by atoms with Gasteiger partial charge in [0.05, 0.1) is 11.3 Å². The number of amides is 3. The zero-order chi connectivity index (χ0) is 25.4. The van der Waals surface area contributed by atoms with Gasteiger partial charge in [-0.1, -0.05) is 55.4 Å². The Morgan fingerprint density at radius 1 is 0.972 bits per heavy atom. The van der Waals surface area contributed by atoms with E-state index in [2.05, 4.69) is 15.5 Å². The van der Waals surface area contributed by atoms with Crippen LogP contribution in [-0.4, -0.2) is 39.3 Å². The van der Waals surface area contributed by atoms with Crippen molar-refractivity contribution in [2.75, 3.05) is 11.9 Å². The van der Waals surface area contributed by atoms with Crippen molar-refractivity contribution in [3.05, 3.63) is 77.1 Å². The number of rotatable bonds is 7. The molecule has 8 nitrogen and oxygen atoms in total. The summed E-state index contributed by atoms with van der Waals surface area (Å²) in [7, 11) is 0. The van der Waals surface area contributed by atoms with Crippen LogP contribution in [0.4, 0.5) is 5.69 Å². The molecule has 4 aromatic rings. The van der Waals surface area contributed by atoms with Gasteiger partial charge in [0, 0.05) is 35.4 Å². The Bertz CT molecular complexity index is 1450. The molecule has 0 radical (unpaired) electrons. The van der Waals surface area contributed by atoms with Gasteiger partial charge in [-0.15, -0.1) is 0 Å². The van der Waals surface area contributed by atoms with Crippen molar-refractivity contribution in [3.63, 3.8) is 0 Å². The number of para-hydroxylation sites is 1. The second-order valence-electron chi connectivity index (χ2n) is 9.23. The molecule has 5 rings (SSSR count). The highest BCUT2D eigenvalue weighted by molar-refractivity contribution is 6.25. The molecule has 2 heterocycles. The minimum Gasteiger partial charge on any atom is -0.334 e. The van der Waals surface area contributed by atoms with Crippen molar-refractivity contribution in [2.24, 2.45) is 0 Å². The van der Waals surface area contributed by atoms with E-state index in [4.69, 9.17) is 4.52 Å². The van der Waals surface area contributed by atoms with Crippen LogP contribution in [0.1, 0.15) is 64.7 Å². The van der Waals surface area contributed by atoms with E-state index in [0.29, 0.717) is 45.9 Å². The second kappa shape index (κ2) is 9.37. The predicted molar refractivity (Wildman–Crippen MR) is 136 cm³/mol. The fourth-order valence-corrected chi connectivity index (χ4v) is 4.47. The molecule has 0 atom stereocenters. The van der Waals surface area contributed by atoms with Crippen LogP contribution in [0.3, 0.4) is 0 Å². The first-order valence-electron chi connectivity index (χ1n) is 12.0. The van der Waals surface area contributed by atoms with Crippen LogP contribution in [0.2, 0.25) is 0 Å². The van der Waals surface area contributed by atoms with Crippen molar-refractivity contribution >= 4 is 34.2 Å². The standard InChI is InChI=1S/C28H26N4O4/c1-16(2)25-30-26(36-31-25)21-13-4-8-17(3)24(21)29-22(33)14-7-15-32-27(34)19-11-5-9-18-10-6-12-20(23(18)19)28(32)35/h4-6,8-13,16H,7,14-15H2,1-3H3,(H,29,33). The Labute approximate surface area is 208 Å². The molecule has 3 amide bonds. The Hall–Kier alpha value is -4.33. The van der Waals surface area contributed by atoms with E-state index < -0.39 is 0 Å². The molecule has 0 spiro atoms. The van der Waals surface area contributed by atoms with E-state index in [1.807, 2.05) is 63.2 Å². The lowest BCUT2D eigenvalue weighted by Crippen LogP contribution is -2.41. The molecular weight excluding hydrogens is 456 g/mol. The monoisotopic (exact) mass is 482 g/mol. The highest BCUT2D eigenvalue weighted by atomic mass is 16.5. The SMILES string of the molecule is Cc1cccc(-c2nc(C(C)C)no2)c1NC(=O)CCCN1C(=O)c2cccc3cccc(c23)C1=O. The van der Waals surface area contributed by atoms with Crippen molar-refractivity contribution in [3.8, 4) is 11.5 Å². The largest absolute Gasteiger partial charge is 0.334 e. The number of carbonyl (C=O) groups is 3. The number of hydrogen-bond acceptors (Lipinski definition) is 6. The second-order valence-corrected chi connectivity index (χ2v) is 9.23. The summed E-state index contributed by atoms with van der Waals surface area (Å²) in [5.74, 6) is 0.163. The number of imide groups is 1. The average Bonchev–Trinajstić information content (AvgIpc) is 3.36. The van der Waals surface area contributed by atoms with Crippen LogP contribution >= 0.6 is 0 Å². The number of nitrogens with zero attached hydrogens (tertiary/aromatic N) is 3. The highest BCUT2D eigenvalue weighted by Crippen LogP contribution is 2.32. The molecule has 3 aromatic carbocycles. The maximum absolute atomic E-state index is 13.1. The average molecular weight is 483 g/mol. The molecule has 1 N–H and O–H groups in total. The number of nitrogens with one attached hydrogen (secondary N) is 1. The first-order chi connectivity index (χ1) is 17.3. The summed E-state index contributed by atoms with van der Waals surface area (Å²) >= 11 is 0. The number of aryl methyl sites for hydroxylation is 1. The summed E-state index contributed by atoms with van der Waals surface area (Å²) in [5.41, 5.74) is 3.13. The van der Waals surface area contributed by atoms with E-state index >= 15 is 0 Å². The minimum atomic E-state index is -0.330. The highest BCUT2D eigenvalue weighted by Gasteiger charge is 2.32. The Balaban J connectivity index is 1.28. The maximum atomic E-state index is 13.1. The van der Waals surface area contributed by atoms with E-state index in [1.165, 1.54) is 4.90 Å². The molecular formula is C28H26N4O4. The number of aromatic nitrogens is 2. The number of hydrogen-bond donors (Lipinski definition) is 1. The van der Waals surface area contributed by atoms with Crippen LogP contribution in [-0.2, 0) is 4.79 Å². The van der Waals surface area contributed by atoms with Crippen LogP contribution in [0.15, 0.2) is 59.1 Å². The molecule has 1 aliphatic rings. The summed E-state index contributed by atoms with van der Waals surface area (Å²) in [5, 5.41) is 8.53. The van der Waals surface area contributed by atoms with Crippen LogP contribution in [0.25, 0.3) is 22.2 Å². The number of carbonyl (C=O) groups excluding carboxylic acids is 3. The van der Waals surface area contributed by atoms with Crippen LogP contribution < -0.4 is 5.32 Å². The van der Waals surface area contributed by atoms with Gasteiger partial charge >= 0.3 is 0 Å². The molecule has 0 fully saturated rings. The summed E-state index contributed by atoms with van der Waals surface area (Å²) in [4.78, 5) is 44.7. The van der Waals surface area contributed by atoms with Gasteiger partial charge < -0.3 is 9.84 Å². The number of anilines is 1. The lowest BCUT2D eigenvalue weighted by molar-refractivity contribution is -0.116. The lowest BCUT2D eigenvalue weighted by atomic mass is 9.94. The van der Waals surface area contributed by atoms with E-state index in [0.717, 1.165) is 10.9 Å². The zero-order valence-electron chi connectivity index (χ0n) is 20.4. The summed E-state index contributed by atoms with van der Waals surface area (Å²) < 4.78 is 5.43. The topological polar surface area (TPSA) is 105 Å². The van der Waals surface area contributed by atoms with E-state index in [9.17, 15) is 14.4 Å². The molecule has 0 bridgehead atoms. The fourth-order valence-electron chi connectivity index (χ4n) is 4.47. The van der Waals surface area contributed by atoms with Crippen LogP contribution in [0.5, 0.6) is 0 Å². The molecule has 1 aromatic heterocycles. The van der Waals surface area contributed by atoms with Crippen molar-refractivity contribution in [1.82, 2.24) is 15.0 Å². The first kappa shape index (κ1) is 23.4. The van der Waals surface area contributed by atoms with E-state index in [1.54, 1.807) is 12.1 Å². The van der Waals surface area contributed by atoms with Crippen molar-refractivity contribution in [1.29, 1.82) is 0 Å². The Morgan fingerprint density at radius 3 is 2.25 bits per heavy atom. The van der Waals surface area contributed by atoms with Gasteiger partial charge in [-0.25, -0.2) is 0 Å². The number of benzene rings is 3. The summed E-state index contributed by atoms with van der Waals surface area (Å²) in [6.07, 6.45) is 0.471. The molecule has 36 heavy (non-hydrogen) atoms. The Kier molecular flexibility index (Phi) is 6.10. The molecule has 182 valence electrons. The Morgan fingerprint density at radius 2 is 1.61 bits per heavy atom. The normalized spacial score (nSPS) is 13.1. The quantitative estimate of drug-likeness (QED) is 0.357. The molecule has 0 saturated heterocycles. The molecule has 1 aliphatic heterocycles. The molecule has 0 unspecified atom stereocenters. The van der Waals surface area contributed by atoms with Gasteiger partial charge in [-0.3, -0.25) is 19.3 Å². The van der Waals surface area contributed by atoms with Crippen molar-refractivity contribution in [2.45, 2.75) is 39.5 Å². The van der Waals surface area contributed by atoms with Gasteiger partial charge in [0.25, 0.3) is 17.7 Å². The smallest absolute Gasteiger partial charge is 0.261 e. The summed E-state index contributed by atoms with van der Waals surface area (Å²) in [6.45, 7) is 5.99. The molecule has 0 aliphatic carbocycles. The first-order valence-corrected chi connectivity index (χ1v) is 12.0. The lowest BCUT2D eigenvalue weighted by Gasteiger charge is -2.27. The molecule has 0 saturated carbocycles. The van der Waals surface area contributed by atoms with Gasteiger partial charge in [-0.2, -0.15) is 4.98 Å². The molecule has 8 heteroatoms. The van der Waals surface area contributed by atoms with Gasteiger partial charge in [0.2, 0.25) is 5.91 Å². The fraction of sp³-hybridized carbons (Fsp3) is 0.250. The van der Waals surface area contributed by atoms with Gasteiger partial charge in [0.1, 0.15) is 0 Å². The third kappa shape index (κ3) is 4.15. The minimum absolute atomic E-state index is 0.115. The zero-order valence-corrected chi connectivity index (χ0v) is 20.4. The maximum Gasteiger partial charge on any atom is 0.261 e. The third-order valence-corrected chi connectivity index (χ3v) is 6.37. The van der Waals surface area contributed by atoms with Gasteiger partial charge in [0.15, 0.2) is 5.82 Å². The summed E-state index contributed by atoms with van der Waals surface area (Å²) in [6, 6.07) is 16.5. The van der Waals surface area contributed by atoms with Gasteiger partial charge in [-0.05, 0) is 42.5 Å². The van der Waals surface area contributed by atoms with E-state index in [-0.39, 0.29) is 36.6 Å².